The van der Waals surface area contributed by atoms with Crippen molar-refractivity contribution in [2.75, 3.05) is 11.5 Å². The van der Waals surface area contributed by atoms with Gasteiger partial charge in [-0.3, -0.25) is 4.79 Å². The normalized spacial score (nSPS) is 10.7. The molecule has 0 atom stereocenters. The van der Waals surface area contributed by atoms with Crippen LogP contribution in [-0.4, -0.2) is 21.5 Å². The van der Waals surface area contributed by atoms with Gasteiger partial charge in [0.2, 0.25) is 0 Å². The van der Waals surface area contributed by atoms with E-state index in [1.54, 1.807) is 6.07 Å². The van der Waals surface area contributed by atoms with Crippen LogP contribution in [0.2, 0.25) is 0 Å². The molecule has 1 aromatic carbocycles. The third-order valence-electron chi connectivity index (χ3n) is 3.45. The maximum Gasteiger partial charge on any atom is 0.190 e. The monoisotopic (exact) mass is 315 g/mol. The smallest absolute Gasteiger partial charge is 0.190 e. The highest BCUT2D eigenvalue weighted by Crippen LogP contribution is 2.20. The summed E-state index contributed by atoms with van der Waals surface area (Å²) in [5, 5.41) is 0.551. The van der Waals surface area contributed by atoms with Crippen molar-refractivity contribution in [2.24, 2.45) is 0 Å². The van der Waals surface area contributed by atoms with Gasteiger partial charge >= 0.3 is 0 Å². The number of nitrogens with two attached hydrogens (primary N) is 1. The van der Waals surface area contributed by atoms with Gasteiger partial charge in [0, 0.05) is 17.3 Å². The molecule has 2 rings (SSSR count). The molecule has 2 aromatic rings. The number of anilines is 1. The number of ketones is 1. The van der Waals surface area contributed by atoms with Crippen LogP contribution < -0.4 is 5.73 Å². The molecule has 0 aliphatic carbocycles. The lowest BCUT2D eigenvalue weighted by Crippen LogP contribution is -2.08. The molecular weight excluding hydrogens is 294 g/mol. The minimum Gasteiger partial charge on any atom is -0.384 e. The molecule has 0 saturated heterocycles. The SMILES string of the molecule is CCc1ccc(CC)c(C(=O)CSc2nc(C)cc(N)n2)c1. The standard InChI is InChI=1S/C17H21N3OS/c1-4-12-6-7-13(5-2)14(9-12)15(21)10-22-17-19-11(3)8-16(18)20-17/h6-9H,4-5,10H2,1-3H3,(H2,18,19,20). The Bertz CT molecular complexity index is 665. The molecule has 0 saturated carbocycles. The minimum atomic E-state index is 0.112. The molecular formula is C17H21N3OS. The Morgan fingerprint density at radius 1 is 1.18 bits per heavy atom. The van der Waals surface area contributed by atoms with Crippen LogP contribution in [0.15, 0.2) is 29.4 Å². The van der Waals surface area contributed by atoms with E-state index < -0.39 is 0 Å². The third kappa shape index (κ3) is 4.07. The number of benzene rings is 1. The van der Waals surface area contributed by atoms with E-state index in [0.29, 0.717) is 16.7 Å². The number of thioether (sulfide) groups is 1. The second kappa shape index (κ2) is 7.40. The van der Waals surface area contributed by atoms with Gasteiger partial charge in [-0.2, -0.15) is 0 Å². The molecule has 0 spiro atoms. The molecule has 1 heterocycles. The molecule has 0 bridgehead atoms. The number of Topliss-reactive ketones (excluding diaryl/α,β-unsaturated/α-hetero) is 1. The van der Waals surface area contributed by atoms with Crippen LogP contribution in [0.25, 0.3) is 0 Å². The van der Waals surface area contributed by atoms with Gasteiger partial charge in [0.25, 0.3) is 0 Å². The van der Waals surface area contributed by atoms with Crippen LogP contribution >= 0.6 is 11.8 Å². The number of rotatable bonds is 6. The first-order valence-electron chi connectivity index (χ1n) is 7.42. The van der Waals surface area contributed by atoms with E-state index in [1.807, 2.05) is 13.0 Å². The van der Waals surface area contributed by atoms with Crippen LogP contribution in [0, 0.1) is 6.92 Å². The molecule has 0 amide bonds. The number of aromatic nitrogens is 2. The second-order valence-corrected chi connectivity index (χ2v) is 6.07. The van der Waals surface area contributed by atoms with Crippen molar-refractivity contribution in [3.63, 3.8) is 0 Å². The number of nitrogen functional groups attached to an aromatic ring is 1. The fourth-order valence-corrected chi connectivity index (χ4v) is 3.04. The molecule has 116 valence electrons. The molecule has 2 N–H and O–H groups in total. The minimum absolute atomic E-state index is 0.112. The number of carbonyl (C=O) groups excluding carboxylic acids is 1. The summed E-state index contributed by atoms with van der Waals surface area (Å²) in [4.78, 5) is 21.0. The molecule has 22 heavy (non-hydrogen) atoms. The van der Waals surface area contributed by atoms with Crippen molar-refractivity contribution < 1.29 is 4.79 Å². The average molecular weight is 315 g/mol. The quantitative estimate of drug-likeness (QED) is 0.502. The fourth-order valence-electron chi connectivity index (χ4n) is 2.25. The van der Waals surface area contributed by atoms with Crippen LogP contribution in [-0.2, 0) is 12.8 Å². The molecule has 1 aromatic heterocycles. The van der Waals surface area contributed by atoms with Crippen molar-refractivity contribution in [1.29, 1.82) is 0 Å². The van der Waals surface area contributed by atoms with Gasteiger partial charge < -0.3 is 5.73 Å². The maximum absolute atomic E-state index is 12.5. The lowest BCUT2D eigenvalue weighted by atomic mass is 9.98. The Labute approximate surface area is 135 Å². The Kier molecular flexibility index (Phi) is 5.55. The number of hydrogen-bond acceptors (Lipinski definition) is 5. The highest BCUT2D eigenvalue weighted by atomic mass is 32.2. The van der Waals surface area contributed by atoms with Crippen molar-refractivity contribution in [2.45, 2.75) is 38.8 Å². The highest BCUT2D eigenvalue weighted by Gasteiger charge is 2.13. The van der Waals surface area contributed by atoms with E-state index in [4.69, 9.17) is 5.73 Å². The summed E-state index contributed by atoms with van der Waals surface area (Å²) in [5.74, 6) is 0.869. The summed E-state index contributed by atoms with van der Waals surface area (Å²) in [6.45, 7) is 6.02. The zero-order valence-corrected chi connectivity index (χ0v) is 14.0. The Balaban J connectivity index is 2.15. The molecule has 0 aliphatic rings. The topological polar surface area (TPSA) is 68.9 Å². The van der Waals surface area contributed by atoms with Crippen molar-refractivity contribution >= 4 is 23.4 Å². The van der Waals surface area contributed by atoms with Crippen molar-refractivity contribution in [3.05, 3.63) is 46.6 Å². The lowest BCUT2D eigenvalue weighted by Gasteiger charge is -2.09. The summed E-state index contributed by atoms with van der Waals surface area (Å²) in [6, 6.07) is 7.87. The van der Waals surface area contributed by atoms with Gasteiger partial charge in [0.05, 0.1) is 5.75 Å². The summed E-state index contributed by atoms with van der Waals surface area (Å²) in [7, 11) is 0. The van der Waals surface area contributed by atoms with Gasteiger partial charge in [0.1, 0.15) is 5.82 Å². The third-order valence-corrected chi connectivity index (χ3v) is 4.30. The average Bonchev–Trinajstić information content (AvgIpc) is 2.51. The van der Waals surface area contributed by atoms with E-state index in [9.17, 15) is 4.79 Å². The van der Waals surface area contributed by atoms with E-state index >= 15 is 0 Å². The van der Waals surface area contributed by atoms with Gasteiger partial charge in [-0.05, 0) is 37.0 Å². The van der Waals surface area contributed by atoms with Crippen LogP contribution in [0.1, 0.15) is 41.0 Å². The zero-order valence-electron chi connectivity index (χ0n) is 13.2. The van der Waals surface area contributed by atoms with E-state index in [1.165, 1.54) is 17.3 Å². The van der Waals surface area contributed by atoms with Crippen molar-refractivity contribution in [3.8, 4) is 0 Å². The first-order valence-corrected chi connectivity index (χ1v) is 8.41. The molecule has 4 nitrogen and oxygen atoms in total. The predicted molar refractivity (Wildman–Crippen MR) is 91.4 cm³/mol. The summed E-state index contributed by atoms with van der Waals surface area (Å²) < 4.78 is 0. The van der Waals surface area contributed by atoms with Crippen molar-refractivity contribution in [1.82, 2.24) is 9.97 Å². The van der Waals surface area contributed by atoms with Gasteiger partial charge in [-0.1, -0.05) is 37.7 Å². The second-order valence-electron chi connectivity index (χ2n) is 5.13. The lowest BCUT2D eigenvalue weighted by molar-refractivity contribution is 0.102. The van der Waals surface area contributed by atoms with Gasteiger partial charge in [-0.25, -0.2) is 9.97 Å². The predicted octanol–water partition coefficient (Wildman–Crippen LogP) is 3.47. The van der Waals surface area contributed by atoms with Gasteiger partial charge in [0.15, 0.2) is 10.9 Å². The number of nitrogens with zero attached hydrogens (tertiary/aromatic N) is 2. The van der Waals surface area contributed by atoms with Crippen LogP contribution in [0.3, 0.4) is 0 Å². The Morgan fingerprint density at radius 3 is 2.59 bits per heavy atom. The largest absolute Gasteiger partial charge is 0.384 e. The van der Waals surface area contributed by atoms with E-state index in [2.05, 4.69) is 35.9 Å². The van der Waals surface area contributed by atoms with E-state index in [-0.39, 0.29) is 5.78 Å². The fraction of sp³-hybridized carbons (Fsp3) is 0.353. The van der Waals surface area contributed by atoms with E-state index in [0.717, 1.165) is 29.7 Å². The molecule has 0 fully saturated rings. The molecule has 0 unspecified atom stereocenters. The summed E-state index contributed by atoms with van der Waals surface area (Å²) >= 11 is 1.33. The number of hydrogen-bond donors (Lipinski definition) is 1. The molecule has 0 radical (unpaired) electrons. The van der Waals surface area contributed by atoms with Crippen LogP contribution in [0.4, 0.5) is 5.82 Å². The maximum atomic E-state index is 12.5. The number of carbonyl (C=O) groups is 1. The summed E-state index contributed by atoms with van der Waals surface area (Å²) in [6.07, 6.45) is 1.78. The molecule has 5 heteroatoms. The first kappa shape index (κ1) is 16.5. The van der Waals surface area contributed by atoms with Crippen LogP contribution in [0.5, 0.6) is 0 Å². The Morgan fingerprint density at radius 2 is 1.95 bits per heavy atom. The zero-order chi connectivity index (χ0) is 16.1. The summed E-state index contributed by atoms with van der Waals surface area (Å²) in [5.41, 5.74) is 9.61. The molecule has 0 aliphatic heterocycles. The number of aryl methyl sites for hydroxylation is 3. The van der Waals surface area contributed by atoms with Gasteiger partial charge in [-0.15, -0.1) is 0 Å². The Hall–Kier alpha value is -1.88. The highest BCUT2D eigenvalue weighted by molar-refractivity contribution is 7.99. The first-order chi connectivity index (χ1) is 10.5.